The Morgan fingerprint density at radius 3 is 2.59 bits per heavy atom. The van der Waals surface area contributed by atoms with Crippen molar-refractivity contribution in [3.63, 3.8) is 0 Å². The summed E-state index contributed by atoms with van der Waals surface area (Å²) in [6.45, 7) is 9.49. The summed E-state index contributed by atoms with van der Waals surface area (Å²) in [5, 5.41) is -0.593. The number of aromatic nitrogens is 3. The number of para-hydroxylation sites is 1. The molecule has 2 saturated carbocycles. The molecule has 0 unspecified atom stereocenters. The third kappa shape index (κ3) is 8.58. The maximum absolute atomic E-state index is 14.7. The molecule has 15 heteroatoms. The van der Waals surface area contributed by atoms with Crippen LogP contribution in [-0.4, -0.2) is 81.0 Å². The van der Waals surface area contributed by atoms with Crippen molar-refractivity contribution < 1.29 is 37.1 Å². The van der Waals surface area contributed by atoms with Crippen molar-refractivity contribution in [3.8, 4) is 16.5 Å². The van der Waals surface area contributed by atoms with Crippen LogP contribution in [0.2, 0.25) is 0 Å². The Labute approximate surface area is 332 Å². The van der Waals surface area contributed by atoms with Gasteiger partial charge >= 0.3 is 5.97 Å². The summed E-state index contributed by atoms with van der Waals surface area (Å²) in [6.07, 6.45) is 9.80. The standard InChI is InChI=1S/C41H53N5O8S2/c1-25(2)46-31-15-11-14-30(34-22-42-24-55-34)36(31)43-39(46)53-28-19-32-33(47)21-41(38(50)44-56(51,52)29-16-17-29)20-27(41)13-10-8-6-7-9-12-26(37(49)45(32)23-28)18-35(48)54-40(3,4)5/h10-11,13-15,22,24-29,32H,6-9,12,16-21,23H2,1-5H3,(H,44,50)/b13-10-/t26-,27+,28-,32+,41-/m1/s1. The van der Waals surface area contributed by atoms with Gasteiger partial charge < -0.3 is 14.4 Å². The summed E-state index contributed by atoms with van der Waals surface area (Å²) in [5.41, 5.74) is 2.35. The molecule has 302 valence electrons. The number of hydrogen-bond donors (Lipinski definition) is 1. The van der Waals surface area contributed by atoms with Crippen LogP contribution in [-0.2, 0) is 33.9 Å². The molecule has 3 fully saturated rings. The number of imidazole rings is 1. The van der Waals surface area contributed by atoms with Gasteiger partial charge in [-0.1, -0.05) is 37.1 Å². The number of nitrogens with one attached hydrogen (secondary N) is 1. The predicted molar refractivity (Wildman–Crippen MR) is 212 cm³/mol. The van der Waals surface area contributed by atoms with E-state index in [0.717, 1.165) is 40.7 Å². The first-order chi connectivity index (χ1) is 26.6. The normalized spacial score (nSPS) is 26.9. The number of ether oxygens (including phenoxy) is 2. The fourth-order valence-corrected chi connectivity index (χ4v) is 10.3. The van der Waals surface area contributed by atoms with Crippen LogP contribution in [0.3, 0.4) is 0 Å². The van der Waals surface area contributed by atoms with Crippen molar-refractivity contribution in [2.75, 3.05) is 6.54 Å². The average Bonchev–Trinajstić information content (AvgIpc) is 3.91. The van der Waals surface area contributed by atoms with E-state index in [4.69, 9.17) is 14.5 Å². The summed E-state index contributed by atoms with van der Waals surface area (Å²) >= 11 is 1.51. The highest BCUT2D eigenvalue weighted by molar-refractivity contribution is 7.90. The molecule has 7 rings (SSSR count). The Balaban J connectivity index is 1.22. The molecule has 2 amide bonds. The molecule has 1 N–H and O–H groups in total. The van der Waals surface area contributed by atoms with Gasteiger partial charge in [-0.05, 0) is 85.1 Å². The highest BCUT2D eigenvalue weighted by Crippen LogP contribution is 2.57. The second-order valence-electron chi connectivity index (χ2n) is 17.2. The molecular weight excluding hydrogens is 755 g/mol. The number of thiazole rings is 1. The Bertz CT molecular complexity index is 2120. The molecule has 1 aromatic carbocycles. The fraction of sp³-hybridized carbons (Fsp3) is 0.610. The highest BCUT2D eigenvalue weighted by Gasteiger charge is 2.61. The lowest BCUT2D eigenvalue weighted by Gasteiger charge is -2.29. The summed E-state index contributed by atoms with van der Waals surface area (Å²) < 4.78 is 42.5. The third-order valence-electron chi connectivity index (χ3n) is 11.3. The first-order valence-corrected chi connectivity index (χ1v) is 22.3. The molecule has 4 aliphatic rings. The van der Waals surface area contributed by atoms with E-state index in [1.807, 2.05) is 48.8 Å². The monoisotopic (exact) mass is 807 g/mol. The fourth-order valence-electron chi connectivity index (χ4n) is 8.28. The van der Waals surface area contributed by atoms with E-state index in [-0.39, 0.29) is 49.5 Å². The largest absolute Gasteiger partial charge is 0.460 e. The van der Waals surface area contributed by atoms with Crippen molar-refractivity contribution in [2.24, 2.45) is 17.3 Å². The third-order valence-corrected chi connectivity index (χ3v) is 14.0. The van der Waals surface area contributed by atoms with Gasteiger partial charge in [0.05, 0.1) is 45.6 Å². The molecule has 1 saturated heterocycles. The quantitative estimate of drug-likeness (QED) is 0.186. The van der Waals surface area contributed by atoms with Gasteiger partial charge in [-0.3, -0.25) is 33.5 Å². The molecule has 13 nitrogen and oxygen atoms in total. The van der Waals surface area contributed by atoms with Crippen molar-refractivity contribution >= 4 is 56.0 Å². The number of ketones is 1. The summed E-state index contributed by atoms with van der Waals surface area (Å²) in [5.74, 6) is -2.85. The maximum atomic E-state index is 14.7. The Kier molecular flexibility index (Phi) is 11.2. The zero-order chi connectivity index (χ0) is 40.0. The summed E-state index contributed by atoms with van der Waals surface area (Å²) in [6, 6.07) is 5.31. The van der Waals surface area contributed by atoms with E-state index >= 15 is 0 Å². The van der Waals surface area contributed by atoms with Crippen molar-refractivity contribution in [1.29, 1.82) is 0 Å². The number of hydrogen-bond acceptors (Lipinski definition) is 11. The number of amides is 2. The molecule has 56 heavy (non-hydrogen) atoms. The van der Waals surface area contributed by atoms with E-state index in [1.165, 1.54) is 16.2 Å². The summed E-state index contributed by atoms with van der Waals surface area (Å²) in [4.78, 5) is 68.1. The average molecular weight is 808 g/mol. The van der Waals surface area contributed by atoms with Crippen molar-refractivity contribution in [1.82, 2.24) is 24.2 Å². The van der Waals surface area contributed by atoms with Gasteiger partial charge in [0.25, 0.3) is 6.01 Å². The van der Waals surface area contributed by atoms with E-state index in [9.17, 15) is 27.6 Å². The van der Waals surface area contributed by atoms with Crippen LogP contribution < -0.4 is 9.46 Å². The smallest absolute Gasteiger partial charge is 0.307 e. The second-order valence-corrected chi connectivity index (χ2v) is 20.1. The van der Waals surface area contributed by atoms with Crippen LogP contribution >= 0.6 is 11.3 Å². The van der Waals surface area contributed by atoms with Crippen LogP contribution in [0, 0.1) is 17.3 Å². The van der Waals surface area contributed by atoms with E-state index in [0.29, 0.717) is 38.1 Å². The number of benzene rings is 1. The second kappa shape index (κ2) is 15.7. The maximum Gasteiger partial charge on any atom is 0.307 e. The molecule has 5 atom stereocenters. The number of carbonyl (C=O) groups is 4. The molecule has 3 aromatic rings. The number of allylic oxidation sites excluding steroid dienone is 2. The molecule has 0 radical (unpaired) electrons. The predicted octanol–water partition coefficient (Wildman–Crippen LogP) is 6.53. The van der Waals surface area contributed by atoms with Gasteiger partial charge in [0, 0.05) is 36.6 Å². The zero-order valence-electron chi connectivity index (χ0n) is 32.9. The first kappa shape index (κ1) is 40.1. The number of Topliss-reactive ketones (excluding diaryl/α,β-unsaturated/α-hetero) is 1. The zero-order valence-corrected chi connectivity index (χ0v) is 34.5. The van der Waals surface area contributed by atoms with Crippen LogP contribution in [0.1, 0.15) is 111 Å². The lowest BCUT2D eigenvalue weighted by atomic mass is 9.90. The van der Waals surface area contributed by atoms with E-state index in [2.05, 4.69) is 9.71 Å². The number of carbonyl (C=O) groups excluding carboxylic acids is 4. The van der Waals surface area contributed by atoms with Crippen LogP contribution in [0.5, 0.6) is 6.01 Å². The van der Waals surface area contributed by atoms with E-state index < -0.39 is 56.2 Å². The summed E-state index contributed by atoms with van der Waals surface area (Å²) in [7, 11) is -3.85. The first-order valence-electron chi connectivity index (χ1n) is 19.9. The van der Waals surface area contributed by atoms with Crippen LogP contribution in [0.4, 0.5) is 0 Å². The molecule has 4 heterocycles. The van der Waals surface area contributed by atoms with Crippen LogP contribution in [0.25, 0.3) is 21.5 Å². The van der Waals surface area contributed by atoms with Crippen molar-refractivity contribution in [2.45, 2.75) is 134 Å². The minimum atomic E-state index is -3.85. The topological polar surface area (TPSA) is 167 Å². The van der Waals surface area contributed by atoms with Gasteiger partial charge in [-0.25, -0.2) is 8.42 Å². The molecule has 0 spiro atoms. The molecule has 2 aromatic heterocycles. The number of sulfonamides is 1. The number of nitrogens with zero attached hydrogens (tertiary/aromatic N) is 4. The SMILES string of the molecule is CC(C)n1c(O[C@@H]2C[C@H]3C(=O)C[C@]4(C(=O)NS(=O)(=O)C5CC5)C[C@@H]4/C=C\CCCCC[C@H](CC(=O)OC(C)(C)C)C(=O)N3C2)nc2c(-c3cncs3)cccc21. The minimum absolute atomic E-state index is 0.0369. The van der Waals surface area contributed by atoms with Crippen molar-refractivity contribution in [3.05, 3.63) is 42.1 Å². The molecular formula is C41H53N5O8S2. The Morgan fingerprint density at radius 1 is 1.11 bits per heavy atom. The molecule has 0 bridgehead atoms. The minimum Gasteiger partial charge on any atom is -0.460 e. The Morgan fingerprint density at radius 2 is 1.89 bits per heavy atom. The van der Waals surface area contributed by atoms with Gasteiger partial charge in [0.15, 0.2) is 5.78 Å². The lowest BCUT2D eigenvalue weighted by molar-refractivity contribution is -0.159. The van der Waals surface area contributed by atoms with Gasteiger partial charge in [-0.2, -0.15) is 4.98 Å². The molecule has 2 aliphatic heterocycles. The molecule has 2 aliphatic carbocycles. The highest BCUT2D eigenvalue weighted by atomic mass is 32.2. The van der Waals surface area contributed by atoms with Gasteiger partial charge in [-0.15, -0.1) is 11.3 Å². The number of rotatable bonds is 9. The lowest BCUT2D eigenvalue weighted by Crippen LogP contribution is -2.46. The van der Waals surface area contributed by atoms with E-state index in [1.54, 1.807) is 32.5 Å². The number of fused-ring (bicyclic) bond motifs is 3. The van der Waals surface area contributed by atoms with Gasteiger partial charge in [0.1, 0.15) is 17.2 Å². The van der Waals surface area contributed by atoms with Gasteiger partial charge in [0.2, 0.25) is 21.8 Å². The Hall–Kier alpha value is -4.11. The van der Waals surface area contributed by atoms with Crippen LogP contribution in [0.15, 0.2) is 42.1 Å². The number of esters is 1.